The van der Waals surface area contributed by atoms with Gasteiger partial charge in [-0.25, -0.2) is 14.9 Å². The minimum absolute atomic E-state index is 0.186. The molecular weight excluding hydrogens is 380 g/mol. The molecule has 30 heavy (non-hydrogen) atoms. The van der Waals surface area contributed by atoms with Crippen molar-refractivity contribution in [2.45, 2.75) is 18.9 Å². The molecule has 0 saturated heterocycles. The summed E-state index contributed by atoms with van der Waals surface area (Å²) in [4.78, 5) is 24.8. The topological polar surface area (TPSA) is 110 Å². The van der Waals surface area contributed by atoms with Crippen molar-refractivity contribution in [3.63, 3.8) is 0 Å². The monoisotopic (exact) mass is 398 g/mol. The maximum Gasteiger partial charge on any atom is 0.343 e. The Morgan fingerprint density at radius 3 is 2.73 bits per heavy atom. The third-order valence-corrected chi connectivity index (χ3v) is 5.52. The summed E-state index contributed by atoms with van der Waals surface area (Å²) in [5, 5.41) is 12.3. The van der Waals surface area contributed by atoms with Gasteiger partial charge in [0.2, 0.25) is 0 Å². The lowest BCUT2D eigenvalue weighted by Gasteiger charge is -2.05. The number of hydrogen-bond acceptors (Lipinski definition) is 5. The Morgan fingerprint density at radius 1 is 1.10 bits per heavy atom. The van der Waals surface area contributed by atoms with Crippen molar-refractivity contribution < 1.29 is 0 Å². The van der Waals surface area contributed by atoms with Gasteiger partial charge in [-0.1, -0.05) is 12.1 Å². The number of H-pyrrole nitrogens is 2. The molecule has 5 aromatic rings. The van der Waals surface area contributed by atoms with Crippen LogP contribution < -0.4 is 5.69 Å². The molecule has 1 fully saturated rings. The number of nitrogens with one attached hydrogen (secondary N) is 2. The summed E-state index contributed by atoms with van der Waals surface area (Å²) in [7, 11) is 1.92. The third kappa shape index (κ3) is 2.59. The second-order valence-corrected chi connectivity index (χ2v) is 7.54. The molecule has 0 atom stereocenters. The third-order valence-electron chi connectivity index (χ3n) is 5.52. The summed E-state index contributed by atoms with van der Waals surface area (Å²) in [6, 6.07) is 10.1. The van der Waals surface area contributed by atoms with Crippen molar-refractivity contribution in [3.05, 3.63) is 59.4 Å². The van der Waals surface area contributed by atoms with Gasteiger partial charge in [-0.15, -0.1) is 0 Å². The predicted octanol–water partition coefficient (Wildman–Crippen LogP) is 2.91. The molecule has 0 radical (unpaired) electrons. The van der Waals surface area contributed by atoms with E-state index in [0.29, 0.717) is 17.3 Å². The number of hydrogen-bond donors (Lipinski definition) is 2. The molecule has 0 bridgehead atoms. The smallest absolute Gasteiger partial charge is 0.335 e. The van der Waals surface area contributed by atoms with Gasteiger partial charge in [-0.05, 0) is 31.0 Å². The maximum absolute atomic E-state index is 12.4. The first-order chi connectivity index (χ1) is 14.7. The number of pyridine rings is 1. The lowest BCUT2D eigenvalue weighted by Crippen LogP contribution is -2.16. The Bertz CT molecular complexity index is 1430. The van der Waals surface area contributed by atoms with Crippen LogP contribution >= 0.6 is 0 Å². The number of imidazole rings is 1. The first-order valence-corrected chi connectivity index (χ1v) is 9.79. The van der Waals surface area contributed by atoms with E-state index in [1.807, 2.05) is 42.2 Å². The predicted molar refractivity (Wildman–Crippen MR) is 112 cm³/mol. The Balaban J connectivity index is 1.60. The fraction of sp³-hybridized carbons (Fsp3) is 0.190. The van der Waals surface area contributed by atoms with Gasteiger partial charge in [0.15, 0.2) is 5.82 Å². The average molecular weight is 398 g/mol. The van der Waals surface area contributed by atoms with Crippen LogP contribution in [0.2, 0.25) is 0 Å². The van der Waals surface area contributed by atoms with Crippen molar-refractivity contribution in [3.8, 4) is 34.2 Å². The molecule has 4 aromatic heterocycles. The van der Waals surface area contributed by atoms with E-state index >= 15 is 0 Å². The number of nitrogens with zero attached hydrogens (tertiary/aromatic N) is 6. The molecule has 1 aromatic carbocycles. The summed E-state index contributed by atoms with van der Waals surface area (Å²) < 4.78 is 3.57. The van der Waals surface area contributed by atoms with E-state index in [1.165, 1.54) is 0 Å². The zero-order valence-corrected chi connectivity index (χ0v) is 16.2. The van der Waals surface area contributed by atoms with Crippen LogP contribution in [0.15, 0.2) is 53.7 Å². The lowest BCUT2D eigenvalue weighted by molar-refractivity contribution is 0.715. The maximum atomic E-state index is 12.4. The summed E-state index contributed by atoms with van der Waals surface area (Å²) in [6.45, 7) is 0. The second-order valence-electron chi connectivity index (χ2n) is 7.54. The number of fused-ring (bicyclic) bond motifs is 1. The minimum atomic E-state index is -0.194. The lowest BCUT2D eigenvalue weighted by atomic mass is 10.1. The number of aromatic amines is 2. The Hall–Kier alpha value is -4.01. The van der Waals surface area contributed by atoms with Gasteiger partial charge in [0.25, 0.3) is 0 Å². The molecule has 0 amide bonds. The minimum Gasteiger partial charge on any atom is -0.335 e. The van der Waals surface area contributed by atoms with E-state index in [1.54, 1.807) is 17.0 Å². The zero-order chi connectivity index (χ0) is 20.2. The largest absolute Gasteiger partial charge is 0.343 e. The summed E-state index contributed by atoms with van der Waals surface area (Å²) >= 11 is 0. The molecule has 1 saturated carbocycles. The molecule has 9 heteroatoms. The van der Waals surface area contributed by atoms with E-state index < -0.39 is 0 Å². The van der Waals surface area contributed by atoms with Crippen LogP contribution in [0.3, 0.4) is 0 Å². The molecule has 6 rings (SSSR count). The fourth-order valence-electron chi connectivity index (χ4n) is 3.83. The highest BCUT2D eigenvalue weighted by molar-refractivity contribution is 5.87. The van der Waals surface area contributed by atoms with Crippen LogP contribution in [0.1, 0.15) is 18.9 Å². The van der Waals surface area contributed by atoms with Crippen LogP contribution in [0, 0.1) is 0 Å². The van der Waals surface area contributed by atoms with E-state index in [-0.39, 0.29) is 11.7 Å². The highest BCUT2D eigenvalue weighted by Crippen LogP contribution is 2.39. The summed E-state index contributed by atoms with van der Waals surface area (Å²) in [5.41, 5.74) is 4.11. The molecule has 148 valence electrons. The van der Waals surface area contributed by atoms with Gasteiger partial charge in [-0.3, -0.25) is 14.2 Å². The highest BCUT2D eigenvalue weighted by atomic mass is 16.1. The van der Waals surface area contributed by atoms with Gasteiger partial charge >= 0.3 is 5.69 Å². The standard InChI is InChI=1S/C21H18N8O/c1-28-16-10-13(2-3-14(16)11-23-28)17-18(20-26-27-21(30)29(20)15-4-5-15)25-19(24-17)12-6-8-22-9-7-12/h2-3,6-11,15H,4-5H2,1H3,(H,24,25)(H,27,30). The number of aromatic nitrogens is 8. The molecule has 9 nitrogen and oxygen atoms in total. The van der Waals surface area contributed by atoms with Crippen molar-refractivity contribution in [2.75, 3.05) is 0 Å². The van der Waals surface area contributed by atoms with E-state index in [4.69, 9.17) is 4.98 Å². The molecule has 1 aliphatic carbocycles. The molecule has 0 spiro atoms. The SMILES string of the molecule is Cn1ncc2ccc(-c3nc(-c4ccncc4)[nH]c3-c3n[nH]c(=O)n3C3CC3)cc21. The highest BCUT2D eigenvalue weighted by Gasteiger charge is 2.31. The normalized spacial score (nSPS) is 13.9. The van der Waals surface area contributed by atoms with Crippen LogP contribution in [-0.4, -0.2) is 39.5 Å². The molecule has 2 N–H and O–H groups in total. The zero-order valence-electron chi connectivity index (χ0n) is 16.2. The van der Waals surface area contributed by atoms with Gasteiger partial charge in [0, 0.05) is 42.0 Å². The first kappa shape index (κ1) is 16.9. The van der Waals surface area contributed by atoms with Crippen LogP contribution in [0.5, 0.6) is 0 Å². The quantitative estimate of drug-likeness (QED) is 0.484. The van der Waals surface area contributed by atoms with Gasteiger partial charge in [0.05, 0.1) is 11.7 Å². The summed E-state index contributed by atoms with van der Waals surface area (Å²) in [5.74, 6) is 1.28. The van der Waals surface area contributed by atoms with Gasteiger partial charge in [-0.2, -0.15) is 10.2 Å². The molecular formula is C21H18N8O. The molecule has 0 unspecified atom stereocenters. The van der Waals surface area contributed by atoms with E-state index in [2.05, 4.69) is 31.3 Å². The Kier molecular flexibility index (Phi) is 3.52. The van der Waals surface area contributed by atoms with Crippen LogP contribution in [0.25, 0.3) is 45.1 Å². The average Bonchev–Trinajstić information content (AvgIpc) is 3.22. The van der Waals surface area contributed by atoms with Crippen molar-refractivity contribution in [1.82, 2.24) is 39.5 Å². The van der Waals surface area contributed by atoms with Gasteiger partial charge in [0.1, 0.15) is 17.2 Å². The second kappa shape index (κ2) is 6.24. The van der Waals surface area contributed by atoms with Crippen molar-refractivity contribution in [1.29, 1.82) is 0 Å². The van der Waals surface area contributed by atoms with Gasteiger partial charge < -0.3 is 4.98 Å². The van der Waals surface area contributed by atoms with Crippen molar-refractivity contribution in [2.24, 2.45) is 7.05 Å². The van der Waals surface area contributed by atoms with Crippen LogP contribution in [-0.2, 0) is 7.05 Å². The first-order valence-electron chi connectivity index (χ1n) is 9.79. The molecule has 0 aliphatic heterocycles. The molecule has 4 heterocycles. The number of aryl methyl sites for hydroxylation is 1. The van der Waals surface area contributed by atoms with Crippen LogP contribution in [0.4, 0.5) is 0 Å². The van der Waals surface area contributed by atoms with E-state index in [9.17, 15) is 4.79 Å². The summed E-state index contributed by atoms with van der Waals surface area (Å²) in [6.07, 6.45) is 7.26. The number of rotatable bonds is 4. The fourth-order valence-corrected chi connectivity index (χ4v) is 3.83. The van der Waals surface area contributed by atoms with E-state index in [0.717, 1.165) is 40.6 Å². The Labute approximate surface area is 170 Å². The Morgan fingerprint density at radius 2 is 1.93 bits per heavy atom. The molecule has 1 aliphatic rings. The number of benzene rings is 1. The van der Waals surface area contributed by atoms with Crippen molar-refractivity contribution >= 4 is 10.9 Å².